The molecule has 7 rings (SSSR count). The van der Waals surface area contributed by atoms with Gasteiger partial charge in [0.2, 0.25) is 0 Å². The number of nitrogens with two attached hydrogens (primary N) is 1. The lowest BCUT2D eigenvalue weighted by molar-refractivity contribution is 1.16. The first-order chi connectivity index (χ1) is 20.2. The first kappa shape index (κ1) is 24.3. The highest BCUT2D eigenvalue weighted by Crippen LogP contribution is 2.39. The van der Waals surface area contributed by atoms with Crippen LogP contribution in [0.3, 0.4) is 0 Å². The summed E-state index contributed by atoms with van der Waals surface area (Å²) >= 11 is 0. The molecule has 0 spiro atoms. The van der Waals surface area contributed by atoms with Gasteiger partial charge in [0, 0.05) is 32.7 Å². The number of hydrogen-bond acceptors (Lipinski definition) is 2. The summed E-state index contributed by atoms with van der Waals surface area (Å²) in [4.78, 5) is 0. The lowest BCUT2D eigenvalue weighted by atomic mass is 9.98. The minimum absolute atomic E-state index is 0.571. The number of rotatable bonds is 5. The van der Waals surface area contributed by atoms with Crippen LogP contribution >= 0.6 is 0 Å². The SMILES string of the molecule is C=C/C(=C(\C=C/N)n1c2ccccc2c2ccccc21)c1cc(C#N)ccc1-n1c2ccccc2c2ccccc21. The van der Waals surface area contributed by atoms with Gasteiger partial charge in [0.1, 0.15) is 0 Å². The van der Waals surface area contributed by atoms with E-state index in [9.17, 15) is 5.26 Å². The van der Waals surface area contributed by atoms with E-state index in [1.165, 1.54) is 10.8 Å². The predicted molar refractivity (Wildman–Crippen MR) is 172 cm³/mol. The lowest BCUT2D eigenvalue weighted by Crippen LogP contribution is -2.04. The van der Waals surface area contributed by atoms with E-state index in [2.05, 4.69) is 119 Å². The standard InChI is InChI=1S/C37H26N4/c1-2-26(37(21-22-38)41-34-17-9-5-13-29(34)30-14-6-10-18-35(30)41)31-23-25(24-39)19-20-36(31)40-32-15-7-3-11-27(32)28-12-4-8-16-33(28)40/h2-23H,1,38H2/b22-21-,37-26-. The maximum atomic E-state index is 9.95. The largest absolute Gasteiger partial charge is 0.405 e. The summed E-state index contributed by atoms with van der Waals surface area (Å²) in [6, 6.07) is 41.8. The van der Waals surface area contributed by atoms with Gasteiger partial charge in [-0.3, -0.25) is 0 Å². The van der Waals surface area contributed by atoms with E-state index in [0.29, 0.717) is 5.56 Å². The molecule has 5 aromatic carbocycles. The Labute approximate surface area is 237 Å². The molecule has 194 valence electrons. The fraction of sp³-hybridized carbons (Fsp3) is 0. The highest BCUT2D eigenvalue weighted by molar-refractivity contribution is 6.13. The molecule has 2 aromatic heterocycles. The van der Waals surface area contributed by atoms with Gasteiger partial charge in [0.05, 0.1) is 45.1 Å². The zero-order valence-electron chi connectivity index (χ0n) is 22.3. The van der Waals surface area contributed by atoms with E-state index in [0.717, 1.165) is 55.4 Å². The van der Waals surface area contributed by atoms with Gasteiger partial charge in [-0.1, -0.05) is 85.5 Å². The Balaban J connectivity index is 1.64. The number of aromatic nitrogens is 2. The van der Waals surface area contributed by atoms with Crippen LogP contribution in [0.25, 0.3) is 60.6 Å². The highest BCUT2D eigenvalue weighted by Gasteiger charge is 2.20. The Bertz CT molecular complexity index is 2140. The van der Waals surface area contributed by atoms with Crippen molar-refractivity contribution in [2.75, 3.05) is 0 Å². The molecular weight excluding hydrogens is 500 g/mol. The van der Waals surface area contributed by atoms with Crippen LogP contribution in [-0.4, -0.2) is 9.13 Å². The third kappa shape index (κ3) is 3.68. The smallest absolute Gasteiger partial charge is 0.0991 e. The monoisotopic (exact) mass is 526 g/mol. The topological polar surface area (TPSA) is 59.7 Å². The quantitative estimate of drug-likeness (QED) is 0.228. The average molecular weight is 527 g/mol. The van der Waals surface area contributed by atoms with Crippen molar-refractivity contribution < 1.29 is 0 Å². The molecule has 2 heterocycles. The summed E-state index contributed by atoms with van der Waals surface area (Å²) in [7, 11) is 0. The van der Waals surface area contributed by atoms with Crippen molar-refractivity contribution in [1.82, 2.24) is 9.13 Å². The number of fused-ring (bicyclic) bond motifs is 6. The Kier molecular flexibility index (Phi) is 5.77. The molecule has 0 saturated heterocycles. The van der Waals surface area contributed by atoms with Gasteiger partial charge >= 0.3 is 0 Å². The van der Waals surface area contributed by atoms with Gasteiger partial charge in [0.25, 0.3) is 0 Å². The van der Waals surface area contributed by atoms with Crippen LogP contribution in [0.1, 0.15) is 11.1 Å². The van der Waals surface area contributed by atoms with Crippen LogP contribution in [-0.2, 0) is 0 Å². The highest BCUT2D eigenvalue weighted by atomic mass is 15.0. The molecule has 0 aliphatic heterocycles. The molecule has 4 nitrogen and oxygen atoms in total. The summed E-state index contributed by atoms with van der Waals surface area (Å²) in [6.07, 6.45) is 5.36. The van der Waals surface area contributed by atoms with Crippen LogP contribution in [0.4, 0.5) is 0 Å². The fourth-order valence-electron chi connectivity index (χ4n) is 6.11. The molecule has 0 bridgehead atoms. The predicted octanol–water partition coefficient (Wildman–Crippen LogP) is 8.79. The van der Waals surface area contributed by atoms with Gasteiger partial charge in [-0.05, 0) is 54.7 Å². The Hall–Kier alpha value is -5.79. The van der Waals surface area contributed by atoms with Crippen molar-refractivity contribution in [3.8, 4) is 11.8 Å². The van der Waals surface area contributed by atoms with Crippen molar-refractivity contribution in [3.63, 3.8) is 0 Å². The average Bonchev–Trinajstić information content (AvgIpc) is 3.54. The van der Waals surface area contributed by atoms with Crippen molar-refractivity contribution in [1.29, 1.82) is 5.26 Å². The summed E-state index contributed by atoms with van der Waals surface area (Å²) in [5.74, 6) is 0. The van der Waals surface area contributed by atoms with Crippen LogP contribution in [0.2, 0.25) is 0 Å². The molecule has 0 aliphatic carbocycles. The molecule has 41 heavy (non-hydrogen) atoms. The third-order valence-corrected chi connectivity index (χ3v) is 7.79. The van der Waals surface area contributed by atoms with Crippen molar-refractivity contribution >= 4 is 54.9 Å². The molecule has 2 N–H and O–H groups in total. The Morgan fingerprint density at radius 3 is 1.66 bits per heavy atom. The number of para-hydroxylation sites is 4. The molecular formula is C37H26N4. The van der Waals surface area contributed by atoms with Crippen molar-refractivity contribution in [2.24, 2.45) is 5.73 Å². The minimum Gasteiger partial charge on any atom is -0.405 e. The van der Waals surface area contributed by atoms with Crippen molar-refractivity contribution in [2.45, 2.75) is 0 Å². The molecule has 7 aromatic rings. The first-order valence-corrected chi connectivity index (χ1v) is 13.5. The fourth-order valence-corrected chi connectivity index (χ4v) is 6.11. The van der Waals surface area contributed by atoms with Crippen molar-refractivity contribution in [3.05, 3.63) is 151 Å². The molecule has 0 radical (unpaired) electrons. The van der Waals surface area contributed by atoms with Crippen LogP contribution in [0, 0.1) is 11.3 Å². The second kappa shape index (κ2) is 9.75. The maximum Gasteiger partial charge on any atom is 0.0991 e. The van der Waals surface area contributed by atoms with Gasteiger partial charge in [-0.15, -0.1) is 0 Å². The Morgan fingerprint density at radius 1 is 0.683 bits per heavy atom. The van der Waals surface area contributed by atoms with E-state index in [1.54, 1.807) is 6.20 Å². The van der Waals surface area contributed by atoms with E-state index < -0.39 is 0 Å². The molecule has 0 aliphatic rings. The molecule has 0 atom stereocenters. The zero-order chi connectivity index (χ0) is 27.9. The summed E-state index contributed by atoms with van der Waals surface area (Å²) in [5, 5.41) is 14.6. The van der Waals surface area contributed by atoms with E-state index in [4.69, 9.17) is 5.73 Å². The molecule has 4 heteroatoms. The minimum atomic E-state index is 0.571. The van der Waals surface area contributed by atoms with Crippen LogP contribution < -0.4 is 5.73 Å². The molecule has 0 amide bonds. The molecule has 0 fully saturated rings. The van der Waals surface area contributed by atoms with Gasteiger partial charge in [-0.2, -0.15) is 5.26 Å². The van der Waals surface area contributed by atoms with E-state index in [-0.39, 0.29) is 0 Å². The summed E-state index contributed by atoms with van der Waals surface area (Å²) in [6.45, 7) is 4.28. The normalized spacial score (nSPS) is 12.4. The number of nitrogens with zero attached hydrogens (tertiary/aromatic N) is 3. The second-order valence-electron chi connectivity index (χ2n) is 9.95. The van der Waals surface area contributed by atoms with Gasteiger partial charge in [0.15, 0.2) is 0 Å². The maximum absolute atomic E-state index is 9.95. The number of nitriles is 1. The van der Waals surface area contributed by atoms with Gasteiger partial charge < -0.3 is 14.9 Å². The third-order valence-electron chi connectivity index (χ3n) is 7.79. The van der Waals surface area contributed by atoms with Crippen LogP contribution in [0.5, 0.6) is 0 Å². The number of hydrogen-bond donors (Lipinski definition) is 1. The van der Waals surface area contributed by atoms with E-state index in [1.807, 2.05) is 30.4 Å². The lowest BCUT2D eigenvalue weighted by Gasteiger charge is -2.19. The summed E-state index contributed by atoms with van der Waals surface area (Å²) < 4.78 is 4.51. The van der Waals surface area contributed by atoms with Crippen LogP contribution in [0.15, 0.2) is 140 Å². The molecule has 0 unspecified atom stereocenters. The second-order valence-corrected chi connectivity index (χ2v) is 9.95. The molecule has 0 saturated carbocycles. The first-order valence-electron chi connectivity index (χ1n) is 13.5. The Morgan fingerprint density at radius 2 is 1.17 bits per heavy atom. The number of allylic oxidation sites excluding steroid dienone is 4. The zero-order valence-corrected chi connectivity index (χ0v) is 22.3. The number of benzene rings is 5. The summed E-state index contributed by atoms with van der Waals surface area (Å²) in [5.41, 5.74) is 14.6. The van der Waals surface area contributed by atoms with E-state index >= 15 is 0 Å². The van der Waals surface area contributed by atoms with Gasteiger partial charge in [-0.25, -0.2) is 0 Å².